The summed E-state index contributed by atoms with van der Waals surface area (Å²) >= 11 is 0. The number of nitrogens with zero attached hydrogens (tertiary/aromatic N) is 2. The first-order valence-corrected chi connectivity index (χ1v) is 7.90. The van der Waals surface area contributed by atoms with E-state index in [-0.39, 0.29) is 24.2 Å². The van der Waals surface area contributed by atoms with Crippen molar-refractivity contribution in [3.8, 4) is 6.07 Å². The maximum atomic E-state index is 11.6. The number of sulfone groups is 1. The molecule has 0 amide bonds. The molecule has 2 rings (SSSR count). The molecule has 0 aromatic heterocycles. The van der Waals surface area contributed by atoms with Crippen molar-refractivity contribution in [3.05, 3.63) is 29.3 Å². The predicted molar refractivity (Wildman–Crippen MR) is 72.5 cm³/mol. The fourth-order valence-corrected chi connectivity index (χ4v) is 3.93. The molecule has 1 fully saturated rings. The van der Waals surface area contributed by atoms with E-state index in [1.165, 1.54) is 0 Å². The topological polar surface area (TPSA) is 81.4 Å². The van der Waals surface area contributed by atoms with Crippen molar-refractivity contribution in [2.45, 2.75) is 19.6 Å². The smallest absolute Gasteiger partial charge is 0.154 e. The van der Waals surface area contributed by atoms with Crippen molar-refractivity contribution in [2.24, 2.45) is 0 Å². The van der Waals surface area contributed by atoms with E-state index in [0.717, 1.165) is 5.69 Å². The Kier molecular flexibility index (Phi) is 3.78. The highest BCUT2D eigenvalue weighted by Crippen LogP contribution is 2.26. The van der Waals surface area contributed by atoms with Gasteiger partial charge in [-0.1, -0.05) is 6.07 Å². The van der Waals surface area contributed by atoms with Gasteiger partial charge in [-0.05, 0) is 24.6 Å². The van der Waals surface area contributed by atoms with Gasteiger partial charge in [0, 0.05) is 12.6 Å². The minimum absolute atomic E-state index is 0.111. The second kappa shape index (κ2) is 5.19. The van der Waals surface area contributed by atoms with Gasteiger partial charge < -0.3 is 10.0 Å². The molecule has 5 nitrogen and oxygen atoms in total. The molecule has 102 valence electrons. The maximum absolute atomic E-state index is 11.6. The van der Waals surface area contributed by atoms with Gasteiger partial charge in [0.15, 0.2) is 9.84 Å². The lowest BCUT2D eigenvalue weighted by Crippen LogP contribution is -2.47. The fourth-order valence-electron chi connectivity index (χ4n) is 2.38. The molecule has 1 heterocycles. The van der Waals surface area contributed by atoms with Crippen molar-refractivity contribution in [1.29, 1.82) is 5.26 Å². The SMILES string of the molecule is CC1CS(=O)(=O)CCN1c1ccc(CO)cc1C#N. The Hall–Kier alpha value is -1.58. The van der Waals surface area contributed by atoms with E-state index in [9.17, 15) is 13.7 Å². The largest absolute Gasteiger partial charge is 0.392 e. The van der Waals surface area contributed by atoms with Crippen LogP contribution in [0.5, 0.6) is 0 Å². The molecular formula is C13H16N2O3S. The molecule has 6 heteroatoms. The van der Waals surface area contributed by atoms with E-state index in [1.54, 1.807) is 18.2 Å². The second-order valence-electron chi connectivity index (χ2n) is 4.78. The van der Waals surface area contributed by atoms with Crippen LogP contribution in [-0.4, -0.2) is 37.6 Å². The number of aliphatic hydroxyl groups excluding tert-OH is 1. The summed E-state index contributed by atoms with van der Waals surface area (Å²) in [6.45, 7) is 2.13. The molecule has 1 aliphatic heterocycles. The van der Waals surface area contributed by atoms with Crippen LogP contribution in [0.2, 0.25) is 0 Å². The zero-order valence-electron chi connectivity index (χ0n) is 10.7. The lowest BCUT2D eigenvalue weighted by Gasteiger charge is -2.35. The van der Waals surface area contributed by atoms with E-state index in [4.69, 9.17) is 5.11 Å². The number of benzene rings is 1. The molecule has 0 saturated carbocycles. The Bertz CT molecular complexity index is 619. The van der Waals surface area contributed by atoms with Crippen LogP contribution in [-0.2, 0) is 16.4 Å². The first kappa shape index (κ1) is 13.8. The number of nitriles is 1. The zero-order valence-corrected chi connectivity index (χ0v) is 11.5. The fraction of sp³-hybridized carbons (Fsp3) is 0.462. The number of hydrogen-bond donors (Lipinski definition) is 1. The van der Waals surface area contributed by atoms with Gasteiger partial charge in [0.2, 0.25) is 0 Å². The number of hydrogen-bond acceptors (Lipinski definition) is 5. The molecule has 0 spiro atoms. The van der Waals surface area contributed by atoms with Crippen molar-refractivity contribution in [1.82, 2.24) is 0 Å². The number of aliphatic hydroxyl groups is 1. The lowest BCUT2D eigenvalue weighted by atomic mass is 10.1. The van der Waals surface area contributed by atoms with Gasteiger partial charge in [0.1, 0.15) is 6.07 Å². The first-order valence-electron chi connectivity index (χ1n) is 6.08. The summed E-state index contributed by atoms with van der Waals surface area (Å²) < 4.78 is 23.1. The van der Waals surface area contributed by atoms with Crippen LogP contribution in [0.4, 0.5) is 5.69 Å². The molecule has 1 saturated heterocycles. The second-order valence-corrected chi connectivity index (χ2v) is 7.01. The Morgan fingerprint density at radius 2 is 2.26 bits per heavy atom. The van der Waals surface area contributed by atoms with Gasteiger partial charge in [-0.2, -0.15) is 5.26 Å². The van der Waals surface area contributed by atoms with Crippen molar-refractivity contribution in [2.75, 3.05) is 23.0 Å². The summed E-state index contributed by atoms with van der Waals surface area (Å²) in [5.41, 5.74) is 1.89. The summed E-state index contributed by atoms with van der Waals surface area (Å²) in [5, 5.41) is 18.3. The molecule has 19 heavy (non-hydrogen) atoms. The molecule has 0 radical (unpaired) electrons. The van der Waals surface area contributed by atoms with Gasteiger partial charge in [-0.3, -0.25) is 0 Å². The number of anilines is 1. The van der Waals surface area contributed by atoms with Crippen LogP contribution in [0.1, 0.15) is 18.1 Å². The minimum Gasteiger partial charge on any atom is -0.392 e. The Morgan fingerprint density at radius 3 is 2.84 bits per heavy atom. The van der Waals surface area contributed by atoms with Crippen molar-refractivity contribution < 1.29 is 13.5 Å². The van der Waals surface area contributed by atoms with Gasteiger partial charge in [0.05, 0.1) is 29.4 Å². The van der Waals surface area contributed by atoms with E-state index in [0.29, 0.717) is 17.7 Å². The molecule has 1 N–H and O–H groups in total. The lowest BCUT2D eigenvalue weighted by molar-refractivity contribution is 0.282. The normalized spacial score (nSPS) is 21.9. The van der Waals surface area contributed by atoms with Crippen molar-refractivity contribution >= 4 is 15.5 Å². The summed E-state index contributed by atoms with van der Waals surface area (Å²) in [7, 11) is -2.97. The molecular weight excluding hydrogens is 264 g/mol. The minimum atomic E-state index is -2.97. The molecule has 1 atom stereocenters. The monoisotopic (exact) mass is 280 g/mol. The number of rotatable bonds is 2. The molecule has 0 aliphatic carbocycles. The highest BCUT2D eigenvalue weighted by atomic mass is 32.2. The van der Waals surface area contributed by atoms with E-state index in [1.807, 2.05) is 11.8 Å². The highest BCUT2D eigenvalue weighted by Gasteiger charge is 2.29. The van der Waals surface area contributed by atoms with E-state index < -0.39 is 9.84 Å². The van der Waals surface area contributed by atoms with Crippen molar-refractivity contribution in [3.63, 3.8) is 0 Å². The Balaban J connectivity index is 2.35. The molecule has 1 unspecified atom stereocenters. The zero-order chi connectivity index (χ0) is 14.0. The molecule has 1 aliphatic rings. The van der Waals surface area contributed by atoms with Crippen LogP contribution < -0.4 is 4.90 Å². The van der Waals surface area contributed by atoms with Crippen LogP contribution >= 0.6 is 0 Å². The summed E-state index contributed by atoms with van der Waals surface area (Å²) in [5.74, 6) is 0.226. The third-order valence-electron chi connectivity index (χ3n) is 3.34. The molecule has 1 aromatic rings. The van der Waals surface area contributed by atoms with E-state index >= 15 is 0 Å². The van der Waals surface area contributed by atoms with Crippen LogP contribution in [0.25, 0.3) is 0 Å². The molecule has 1 aromatic carbocycles. The summed E-state index contributed by atoms with van der Waals surface area (Å²) in [4.78, 5) is 1.95. The van der Waals surface area contributed by atoms with Crippen LogP contribution in [0.3, 0.4) is 0 Å². The van der Waals surface area contributed by atoms with Gasteiger partial charge >= 0.3 is 0 Å². The summed E-state index contributed by atoms with van der Waals surface area (Å²) in [6, 6.07) is 7.14. The Morgan fingerprint density at radius 1 is 1.53 bits per heavy atom. The third-order valence-corrected chi connectivity index (χ3v) is 5.14. The first-order chi connectivity index (χ1) is 8.96. The van der Waals surface area contributed by atoms with Gasteiger partial charge in [-0.25, -0.2) is 8.42 Å². The van der Waals surface area contributed by atoms with Crippen LogP contribution in [0, 0.1) is 11.3 Å². The molecule has 0 bridgehead atoms. The van der Waals surface area contributed by atoms with E-state index in [2.05, 4.69) is 6.07 Å². The Labute approximate surface area is 113 Å². The standard InChI is InChI=1S/C13H16N2O3S/c1-10-9-19(17,18)5-4-15(10)13-3-2-11(8-16)6-12(13)7-14/h2-3,6,10,16H,4-5,8-9H2,1H3. The highest BCUT2D eigenvalue weighted by molar-refractivity contribution is 7.91. The maximum Gasteiger partial charge on any atom is 0.154 e. The van der Waals surface area contributed by atoms with Crippen LogP contribution in [0.15, 0.2) is 18.2 Å². The third kappa shape index (κ3) is 2.88. The summed E-state index contributed by atoms with van der Waals surface area (Å²) in [6.07, 6.45) is 0. The van der Waals surface area contributed by atoms with Gasteiger partial charge in [0.25, 0.3) is 0 Å². The average Bonchev–Trinajstić information content (AvgIpc) is 2.37. The quantitative estimate of drug-likeness (QED) is 0.861. The average molecular weight is 280 g/mol. The predicted octanol–water partition coefficient (Wildman–Crippen LogP) is 0.674. The van der Waals surface area contributed by atoms with Gasteiger partial charge in [-0.15, -0.1) is 0 Å².